The van der Waals surface area contributed by atoms with E-state index < -0.39 is 17.5 Å². The van der Waals surface area contributed by atoms with Crippen LogP contribution in [0.4, 0.5) is 14.9 Å². The van der Waals surface area contributed by atoms with Crippen LogP contribution in [0.25, 0.3) is 0 Å². The fourth-order valence-electron chi connectivity index (χ4n) is 2.92. The van der Waals surface area contributed by atoms with Crippen molar-refractivity contribution in [3.05, 3.63) is 69.9 Å². The summed E-state index contributed by atoms with van der Waals surface area (Å²) in [6.45, 7) is 7.23. The van der Waals surface area contributed by atoms with E-state index in [1.54, 1.807) is 39.8 Å². The highest BCUT2D eigenvalue weighted by Gasteiger charge is 2.25. The van der Waals surface area contributed by atoms with E-state index in [1.807, 2.05) is 12.1 Å². The Labute approximate surface area is 180 Å². The number of nitrogens with zero attached hydrogens (tertiary/aromatic N) is 1. The second-order valence-corrected chi connectivity index (χ2v) is 8.47. The molecule has 2 aromatic rings. The number of ether oxygens (including phenoxy) is 2. The van der Waals surface area contributed by atoms with E-state index in [0.29, 0.717) is 23.0 Å². The summed E-state index contributed by atoms with van der Waals surface area (Å²) in [6.07, 6.45) is -0.570. The molecule has 0 radical (unpaired) electrons. The second-order valence-electron chi connectivity index (χ2n) is 8.06. The quantitative estimate of drug-likeness (QED) is 0.678. The highest BCUT2D eigenvalue weighted by atomic mass is 35.5. The summed E-state index contributed by atoms with van der Waals surface area (Å²) in [7, 11) is 0. The third kappa shape index (κ3) is 5.16. The van der Waals surface area contributed by atoms with E-state index in [2.05, 4.69) is 5.32 Å². The van der Waals surface area contributed by atoms with Gasteiger partial charge in [0.15, 0.2) is 5.75 Å². The number of anilines is 1. The number of carbonyl (C=O) groups excluding carboxylic acids is 1. The van der Waals surface area contributed by atoms with E-state index >= 15 is 0 Å². The summed E-state index contributed by atoms with van der Waals surface area (Å²) >= 11 is 6.17. The van der Waals surface area contributed by atoms with Crippen molar-refractivity contribution in [3.63, 3.8) is 0 Å². The molecule has 3 N–H and O–H groups in total. The largest absolute Gasteiger partial charge is 0.456 e. The second kappa shape index (κ2) is 8.44. The third-order valence-electron chi connectivity index (χ3n) is 4.39. The maximum Gasteiger partial charge on any atom is 0.410 e. The van der Waals surface area contributed by atoms with Gasteiger partial charge in [-0.2, -0.15) is 0 Å². The van der Waals surface area contributed by atoms with Crippen LogP contribution in [-0.4, -0.2) is 16.6 Å². The van der Waals surface area contributed by atoms with Gasteiger partial charge in [-0.25, -0.2) is 9.18 Å². The number of amides is 1. The van der Waals surface area contributed by atoms with Crippen LogP contribution in [0.15, 0.2) is 48.0 Å². The Kier molecular flexibility index (Phi) is 6.12. The lowest BCUT2D eigenvalue weighted by atomic mass is 10.1. The Morgan fingerprint density at radius 2 is 2.00 bits per heavy atom. The number of benzene rings is 2. The number of hydrogen-bond acceptors (Lipinski definition) is 5. The molecule has 2 aromatic carbocycles. The number of nitrogens with two attached hydrogens (primary N) is 1. The number of fused-ring (bicyclic) bond motifs is 1. The highest BCUT2D eigenvalue weighted by Crippen LogP contribution is 2.33. The molecule has 1 aliphatic heterocycles. The van der Waals surface area contributed by atoms with E-state index in [0.717, 1.165) is 5.56 Å². The zero-order valence-corrected chi connectivity index (χ0v) is 18.1. The van der Waals surface area contributed by atoms with Crippen LogP contribution >= 0.6 is 11.6 Å². The fourth-order valence-corrected chi connectivity index (χ4v) is 3.14. The van der Waals surface area contributed by atoms with Crippen LogP contribution in [0.1, 0.15) is 38.8 Å². The monoisotopic (exact) mass is 433 g/mol. The lowest BCUT2D eigenvalue weighted by molar-refractivity contribution is 0.0215. The van der Waals surface area contributed by atoms with Crippen molar-refractivity contribution in [2.45, 2.75) is 46.4 Å². The molecule has 1 heterocycles. The summed E-state index contributed by atoms with van der Waals surface area (Å²) in [6, 6.07) is 9.87. The van der Waals surface area contributed by atoms with Crippen molar-refractivity contribution in [3.8, 4) is 5.75 Å². The number of rotatable bonds is 4. The van der Waals surface area contributed by atoms with Crippen molar-refractivity contribution in [1.82, 2.24) is 4.90 Å². The van der Waals surface area contributed by atoms with Gasteiger partial charge in [0.05, 0.1) is 12.2 Å². The van der Waals surface area contributed by atoms with E-state index in [1.165, 1.54) is 17.0 Å². The Morgan fingerprint density at radius 1 is 1.27 bits per heavy atom. The van der Waals surface area contributed by atoms with Crippen LogP contribution in [0.2, 0.25) is 5.02 Å². The molecule has 0 saturated heterocycles. The molecule has 0 aromatic heterocycles. The van der Waals surface area contributed by atoms with Gasteiger partial charge in [0.1, 0.15) is 23.0 Å². The third-order valence-corrected chi connectivity index (χ3v) is 4.75. The maximum absolute atomic E-state index is 14.3. The molecule has 0 fully saturated rings. The van der Waals surface area contributed by atoms with Gasteiger partial charge in [-0.05, 0) is 57.5 Å². The van der Waals surface area contributed by atoms with Crippen LogP contribution in [0.3, 0.4) is 0 Å². The highest BCUT2D eigenvalue weighted by molar-refractivity contribution is 6.31. The molecule has 3 rings (SSSR count). The van der Waals surface area contributed by atoms with Gasteiger partial charge >= 0.3 is 6.09 Å². The topological polar surface area (TPSA) is 76.8 Å². The van der Waals surface area contributed by atoms with Gasteiger partial charge < -0.3 is 20.5 Å². The lowest BCUT2D eigenvalue weighted by Gasteiger charge is -2.28. The SMILES string of the molecule is CC1=C(N)Nc2cc(CN(Cc3c(F)cccc3Cl)C(=O)OC(C)(C)C)ccc2O1. The smallest absolute Gasteiger partial charge is 0.410 e. The van der Waals surface area contributed by atoms with Crippen molar-refractivity contribution < 1.29 is 18.7 Å². The molecule has 0 aliphatic carbocycles. The molecule has 160 valence electrons. The van der Waals surface area contributed by atoms with Crippen LogP contribution < -0.4 is 15.8 Å². The number of nitrogens with one attached hydrogen (secondary N) is 1. The summed E-state index contributed by atoms with van der Waals surface area (Å²) in [4.78, 5) is 14.3. The molecule has 0 spiro atoms. The minimum atomic E-state index is -0.698. The normalized spacial score (nSPS) is 13.3. The Balaban J connectivity index is 1.88. The number of hydrogen-bond donors (Lipinski definition) is 2. The van der Waals surface area contributed by atoms with Crippen molar-refractivity contribution >= 4 is 23.4 Å². The number of halogens is 2. The van der Waals surface area contributed by atoms with E-state index in [4.69, 9.17) is 26.8 Å². The maximum atomic E-state index is 14.3. The molecule has 0 bridgehead atoms. The zero-order chi connectivity index (χ0) is 22.1. The Hall–Kier alpha value is -2.93. The molecule has 0 saturated carbocycles. The van der Waals surface area contributed by atoms with Crippen LogP contribution in [0.5, 0.6) is 5.75 Å². The molecule has 30 heavy (non-hydrogen) atoms. The van der Waals surface area contributed by atoms with Crippen molar-refractivity contribution in [2.75, 3.05) is 5.32 Å². The molecular formula is C22H25ClFN3O3. The number of carbonyl (C=O) groups is 1. The lowest BCUT2D eigenvalue weighted by Crippen LogP contribution is -2.36. The molecule has 0 atom stereocenters. The minimum Gasteiger partial charge on any atom is -0.456 e. The molecular weight excluding hydrogens is 409 g/mol. The fraction of sp³-hybridized carbons (Fsp3) is 0.318. The van der Waals surface area contributed by atoms with Crippen molar-refractivity contribution in [1.29, 1.82) is 0 Å². The standard InChI is InChI=1S/C22H25ClFN3O3/c1-13-20(25)26-18-10-14(8-9-19(18)29-13)11-27(21(28)30-22(2,3)4)12-15-16(23)6-5-7-17(15)24/h5-10,26H,11-12,25H2,1-4H3. The molecule has 8 heteroatoms. The average Bonchev–Trinajstić information content (AvgIpc) is 2.63. The van der Waals surface area contributed by atoms with E-state index in [-0.39, 0.29) is 23.7 Å². The predicted molar refractivity (Wildman–Crippen MR) is 114 cm³/mol. The van der Waals surface area contributed by atoms with Crippen LogP contribution in [-0.2, 0) is 17.8 Å². The Bertz CT molecular complexity index is 981. The first-order valence-electron chi connectivity index (χ1n) is 9.48. The number of allylic oxidation sites excluding steroid dienone is 1. The first-order valence-corrected chi connectivity index (χ1v) is 9.86. The predicted octanol–water partition coefficient (Wildman–Crippen LogP) is 5.37. The summed E-state index contributed by atoms with van der Waals surface area (Å²) in [5.74, 6) is 1.15. The summed E-state index contributed by atoms with van der Waals surface area (Å²) in [5, 5.41) is 3.32. The van der Waals surface area contributed by atoms with Gasteiger partial charge in [-0.15, -0.1) is 0 Å². The molecule has 6 nitrogen and oxygen atoms in total. The Morgan fingerprint density at radius 3 is 2.67 bits per heavy atom. The van der Waals surface area contributed by atoms with Crippen LogP contribution in [0, 0.1) is 5.82 Å². The summed E-state index contributed by atoms with van der Waals surface area (Å²) in [5.41, 5.74) is 6.90. The molecule has 1 aliphatic rings. The van der Waals surface area contributed by atoms with E-state index in [9.17, 15) is 9.18 Å². The first kappa shape index (κ1) is 21.8. The van der Waals surface area contributed by atoms with Gasteiger partial charge in [-0.3, -0.25) is 4.90 Å². The van der Waals surface area contributed by atoms with Gasteiger partial charge in [-0.1, -0.05) is 23.7 Å². The first-order chi connectivity index (χ1) is 14.0. The van der Waals surface area contributed by atoms with Gasteiger partial charge in [0.25, 0.3) is 0 Å². The van der Waals surface area contributed by atoms with Gasteiger partial charge in [0.2, 0.25) is 0 Å². The zero-order valence-electron chi connectivity index (χ0n) is 17.4. The summed E-state index contributed by atoms with van der Waals surface area (Å²) < 4.78 is 25.5. The minimum absolute atomic E-state index is 0.0391. The molecule has 0 unspecified atom stereocenters. The van der Waals surface area contributed by atoms with Gasteiger partial charge in [0, 0.05) is 17.1 Å². The molecule has 1 amide bonds. The van der Waals surface area contributed by atoms with Crippen molar-refractivity contribution in [2.24, 2.45) is 5.73 Å². The average molecular weight is 434 g/mol.